The fourth-order valence-corrected chi connectivity index (χ4v) is 1.66. The summed E-state index contributed by atoms with van der Waals surface area (Å²) < 4.78 is 0. The van der Waals surface area contributed by atoms with Crippen molar-refractivity contribution in [1.29, 1.82) is 0 Å². The molecule has 0 atom stereocenters. The second kappa shape index (κ2) is 3.74. The second-order valence-corrected chi connectivity index (χ2v) is 3.43. The number of rotatable bonds is 2. The average molecular weight is 166 g/mol. The molecule has 0 aromatic heterocycles. The molecule has 12 heavy (non-hydrogen) atoms. The highest BCUT2D eigenvalue weighted by atomic mass is 15.3. The molecular weight excluding hydrogens is 148 g/mol. The number of aliphatic imine (C=N–C) groups is 1. The summed E-state index contributed by atoms with van der Waals surface area (Å²) in [5.41, 5.74) is 1.37. The number of nitrogens with zero attached hydrogens (tertiary/aromatic N) is 2. The van der Waals surface area contributed by atoms with Gasteiger partial charge in [-0.3, -0.25) is 4.99 Å². The summed E-state index contributed by atoms with van der Waals surface area (Å²) in [5.74, 6) is 1.16. The lowest BCUT2D eigenvalue weighted by Gasteiger charge is -2.24. The van der Waals surface area contributed by atoms with Crippen molar-refractivity contribution in [2.45, 2.75) is 40.2 Å². The molecule has 0 radical (unpaired) electrons. The number of hydrogen-bond donors (Lipinski definition) is 0. The van der Waals surface area contributed by atoms with Gasteiger partial charge in [0.2, 0.25) is 0 Å². The molecule has 1 aliphatic heterocycles. The summed E-state index contributed by atoms with van der Waals surface area (Å²) in [5, 5.41) is 0. The molecule has 0 unspecified atom stereocenters. The minimum absolute atomic E-state index is 0.536. The molecule has 0 amide bonds. The highest BCUT2D eigenvalue weighted by Gasteiger charge is 2.20. The van der Waals surface area contributed by atoms with Crippen molar-refractivity contribution in [3.8, 4) is 0 Å². The molecule has 68 valence electrons. The number of hydrogen-bond acceptors (Lipinski definition) is 2. The smallest absolute Gasteiger partial charge is 0.101 e. The van der Waals surface area contributed by atoms with Gasteiger partial charge in [-0.25, -0.2) is 0 Å². The van der Waals surface area contributed by atoms with E-state index in [2.05, 4.69) is 43.7 Å². The lowest BCUT2D eigenvalue weighted by atomic mass is 10.2. The SMILES string of the molecule is CC/C=C1\CN=C(C)N1C(C)C. The summed E-state index contributed by atoms with van der Waals surface area (Å²) in [4.78, 5) is 6.72. The van der Waals surface area contributed by atoms with Crippen LogP contribution >= 0.6 is 0 Å². The first kappa shape index (κ1) is 9.30. The molecule has 2 nitrogen and oxygen atoms in total. The van der Waals surface area contributed by atoms with Crippen LogP contribution in [0.1, 0.15) is 34.1 Å². The predicted molar refractivity (Wildman–Crippen MR) is 53.3 cm³/mol. The van der Waals surface area contributed by atoms with Gasteiger partial charge in [0.25, 0.3) is 0 Å². The monoisotopic (exact) mass is 166 g/mol. The van der Waals surface area contributed by atoms with E-state index in [-0.39, 0.29) is 0 Å². The summed E-state index contributed by atoms with van der Waals surface area (Å²) >= 11 is 0. The quantitative estimate of drug-likeness (QED) is 0.615. The summed E-state index contributed by atoms with van der Waals surface area (Å²) in [7, 11) is 0. The Bertz CT molecular complexity index is 214. The van der Waals surface area contributed by atoms with Gasteiger partial charge in [-0.1, -0.05) is 13.0 Å². The molecule has 0 bridgehead atoms. The van der Waals surface area contributed by atoms with Crippen molar-refractivity contribution in [3.05, 3.63) is 11.8 Å². The zero-order chi connectivity index (χ0) is 9.14. The van der Waals surface area contributed by atoms with Gasteiger partial charge in [-0.2, -0.15) is 0 Å². The van der Waals surface area contributed by atoms with E-state index in [0.717, 1.165) is 18.8 Å². The van der Waals surface area contributed by atoms with Crippen LogP contribution in [0.3, 0.4) is 0 Å². The van der Waals surface area contributed by atoms with E-state index in [4.69, 9.17) is 0 Å². The van der Waals surface area contributed by atoms with E-state index in [0.29, 0.717) is 6.04 Å². The molecule has 2 heteroatoms. The first-order valence-corrected chi connectivity index (χ1v) is 4.66. The Morgan fingerprint density at radius 1 is 1.58 bits per heavy atom. The predicted octanol–water partition coefficient (Wildman–Crippen LogP) is 2.42. The molecule has 0 saturated carbocycles. The van der Waals surface area contributed by atoms with E-state index >= 15 is 0 Å². The molecule has 0 aromatic carbocycles. The Morgan fingerprint density at radius 3 is 2.75 bits per heavy atom. The lowest BCUT2D eigenvalue weighted by Crippen LogP contribution is -2.31. The molecular formula is C10H18N2. The van der Waals surface area contributed by atoms with E-state index in [1.807, 2.05) is 0 Å². The van der Waals surface area contributed by atoms with Crippen LogP contribution in [0.2, 0.25) is 0 Å². The normalized spacial score (nSPS) is 20.9. The van der Waals surface area contributed by atoms with Crippen molar-refractivity contribution in [2.24, 2.45) is 4.99 Å². The standard InChI is InChI=1S/C10H18N2/c1-5-6-10-7-11-9(4)12(10)8(2)3/h6,8H,5,7H2,1-4H3/b10-6+. The summed E-state index contributed by atoms with van der Waals surface area (Å²) in [6.07, 6.45) is 3.36. The first-order chi connectivity index (χ1) is 5.66. The zero-order valence-corrected chi connectivity index (χ0v) is 8.46. The lowest BCUT2D eigenvalue weighted by molar-refractivity contribution is 0.435. The third-order valence-corrected chi connectivity index (χ3v) is 2.08. The van der Waals surface area contributed by atoms with Gasteiger partial charge in [0.05, 0.1) is 6.54 Å². The number of amidine groups is 1. The maximum Gasteiger partial charge on any atom is 0.101 e. The first-order valence-electron chi connectivity index (χ1n) is 4.66. The van der Waals surface area contributed by atoms with Crippen molar-refractivity contribution >= 4 is 5.84 Å². The van der Waals surface area contributed by atoms with Crippen LogP contribution in [0.4, 0.5) is 0 Å². The highest BCUT2D eigenvalue weighted by molar-refractivity contribution is 5.84. The van der Waals surface area contributed by atoms with E-state index in [9.17, 15) is 0 Å². The Kier molecular flexibility index (Phi) is 2.90. The van der Waals surface area contributed by atoms with Gasteiger partial charge < -0.3 is 4.90 Å². The van der Waals surface area contributed by atoms with Gasteiger partial charge in [-0.15, -0.1) is 0 Å². The average Bonchev–Trinajstić information content (AvgIpc) is 2.32. The van der Waals surface area contributed by atoms with Crippen LogP contribution in [0.25, 0.3) is 0 Å². The Morgan fingerprint density at radius 2 is 2.25 bits per heavy atom. The minimum Gasteiger partial charge on any atom is -0.330 e. The Hall–Kier alpha value is -0.790. The molecule has 0 aromatic rings. The fourth-order valence-electron chi connectivity index (χ4n) is 1.66. The maximum absolute atomic E-state index is 4.41. The van der Waals surface area contributed by atoms with E-state index in [1.54, 1.807) is 0 Å². The molecule has 0 aliphatic carbocycles. The molecule has 1 rings (SSSR count). The van der Waals surface area contributed by atoms with Crippen molar-refractivity contribution in [3.63, 3.8) is 0 Å². The van der Waals surface area contributed by atoms with Crippen LogP contribution in [0.5, 0.6) is 0 Å². The van der Waals surface area contributed by atoms with Crippen LogP contribution < -0.4 is 0 Å². The minimum atomic E-state index is 0.536. The molecule has 1 aliphatic rings. The van der Waals surface area contributed by atoms with Crippen molar-refractivity contribution in [1.82, 2.24) is 4.90 Å². The van der Waals surface area contributed by atoms with Gasteiger partial charge in [0.1, 0.15) is 5.84 Å². The van der Waals surface area contributed by atoms with Crippen LogP contribution in [0.15, 0.2) is 16.8 Å². The summed E-state index contributed by atoms with van der Waals surface area (Å²) in [6, 6.07) is 0.536. The Balaban J connectivity index is 2.77. The maximum atomic E-state index is 4.41. The molecule has 0 N–H and O–H groups in total. The van der Waals surface area contributed by atoms with Gasteiger partial charge >= 0.3 is 0 Å². The van der Waals surface area contributed by atoms with Gasteiger partial charge in [0.15, 0.2) is 0 Å². The topological polar surface area (TPSA) is 15.6 Å². The highest BCUT2D eigenvalue weighted by Crippen LogP contribution is 2.17. The Labute approximate surface area is 75.0 Å². The molecule has 1 heterocycles. The zero-order valence-electron chi connectivity index (χ0n) is 8.46. The largest absolute Gasteiger partial charge is 0.330 e. The van der Waals surface area contributed by atoms with Gasteiger partial charge in [-0.05, 0) is 27.2 Å². The number of allylic oxidation sites excluding steroid dienone is 1. The third kappa shape index (κ3) is 1.68. The van der Waals surface area contributed by atoms with Gasteiger partial charge in [0, 0.05) is 11.7 Å². The second-order valence-electron chi connectivity index (χ2n) is 3.43. The molecule has 0 fully saturated rings. The molecule has 0 spiro atoms. The van der Waals surface area contributed by atoms with Crippen molar-refractivity contribution in [2.75, 3.05) is 6.54 Å². The summed E-state index contributed by atoms with van der Waals surface area (Å²) in [6.45, 7) is 9.52. The fraction of sp³-hybridized carbons (Fsp3) is 0.700. The van der Waals surface area contributed by atoms with E-state index < -0.39 is 0 Å². The van der Waals surface area contributed by atoms with Crippen molar-refractivity contribution < 1.29 is 0 Å². The third-order valence-electron chi connectivity index (χ3n) is 2.08. The van der Waals surface area contributed by atoms with Crippen LogP contribution in [-0.4, -0.2) is 23.3 Å². The molecule has 0 saturated heterocycles. The van der Waals surface area contributed by atoms with E-state index in [1.165, 1.54) is 5.70 Å². The van der Waals surface area contributed by atoms with Crippen LogP contribution in [0, 0.1) is 0 Å². The van der Waals surface area contributed by atoms with Crippen LogP contribution in [-0.2, 0) is 0 Å².